The Bertz CT molecular complexity index is 1560. The lowest BCUT2D eigenvalue weighted by Gasteiger charge is -2.24. The summed E-state index contributed by atoms with van der Waals surface area (Å²) in [5.41, 5.74) is 3.57. The third kappa shape index (κ3) is 3.98. The fourth-order valence-corrected chi connectivity index (χ4v) is 4.30. The number of nitrogens with zero attached hydrogens (tertiary/aromatic N) is 3. The fourth-order valence-electron chi connectivity index (χ4n) is 4.30. The summed E-state index contributed by atoms with van der Waals surface area (Å²) in [6.45, 7) is -0.343. The van der Waals surface area contributed by atoms with Gasteiger partial charge in [-0.15, -0.1) is 0 Å². The number of anilines is 2. The highest BCUT2D eigenvalue weighted by Crippen LogP contribution is 2.37. The molecule has 170 valence electrons. The summed E-state index contributed by atoms with van der Waals surface area (Å²) in [6, 6.07) is 20.7. The van der Waals surface area contributed by atoms with Gasteiger partial charge < -0.3 is 9.67 Å². The molecule has 5 rings (SSSR count). The van der Waals surface area contributed by atoms with Gasteiger partial charge in [-0.1, -0.05) is 48.6 Å². The Balaban J connectivity index is 1.67. The number of hydrogen-bond donors (Lipinski definition) is 1. The first-order chi connectivity index (χ1) is 17.0. The Labute approximate surface area is 200 Å². The minimum atomic E-state index is -1.07. The van der Waals surface area contributed by atoms with Gasteiger partial charge in [0.2, 0.25) is 0 Å². The number of benzene rings is 3. The highest BCUT2D eigenvalue weighted by molar-refractivity contribution is 6.18. The van der Waals surface area contributed by atoms with Crippen LogP contribution in [0.15, 0.2) is 78.5 Å². The maximum atomic E-state index is 14.0. The van der Waals surface area contributed by atoms with E-state index in [1.54, 1.807) is 0 Å². The van der Waals surface area contributed by atoms with Gasteiger partial charge in [0.1, 0.15) is 24.0 Å². The topological polar surface area (TPSA) is 86.3 Å². The number of rotatable bonds is 4. The van der Waals surface area contributed by atoms with Crippen molar-refractivity contribution in [1.29, 1.82) is 5.26 Å². The van der Waals surface area contributed by atoms with Crippen LogP contribution in [0.4, 0.5) is 15.8 Å². The van der Waals surface area contributed by atoms with E-state index in [2.05, 4.69) is 0 Å². The normalized spacial score (nSPS) is 12.6. The number of carbonyl (C=O) groups excluding carboxylic acids is 1. The maximum Gasteiger partial charge on any atom is 0.323 e. The monoisotopic (exact) mass is 463 g/mol. The lowest BCUT2D eigenvalue weighted by Crippen LogP contribution is -2.28. The number of hydrogen-bond acceptors (Lipinski definition) is 3. The molecule has 4 aromatic rings. The van der Waals surface area contributed by atoms with Crippen LogP contribution in [0.5, 0.6) is 0 Å². The van der Waals surface area contributed by atoms with Crippen LogP contribution in [-0.2, 0) is 16.1 Å². The molecule has 0 spiro atoms. The number of carbonyl (C=O) groups is 2. The number of aliphatic carboxylic acids is 1. The first-order valence-corrected chi connectivity index (χ1v) is 10.8. The molecule has 0 saturated carbocycles. The molecule has 0 radical (unpaired) electrons. The summed E-state index contributed by atoms with van der Waals surface area (Å²) in [5, 5.41) is 19.6. The van der Waals surface area contributed by atoms with E-state index in [0.717, 1.165) is 11.1 Å². The summed E-state index contributed by atoms with van der Waals surface area (Å²) in [5.74, 6) is -2.12. The van der Waals surface area contributed by atoms with Crippen molar-refractivity contribution in [2.24, 2.45) is 0 Å². The van der Waals surface area contributed by atoms with Crippen LogP contribution in [0.1, 0.15) is 16.7 Å². The van der Waals surface area contributed by atoms with Crippen molar-refractivity contribution in [2.45, 2.75) is 6.54 Å². The smallest absolute Gasteiger partial charge is 0.323 e. The minimum absolute atomic E-state index is 0.171. The van der Waals surface area contributed by atoms with Crippen LogP contribution in [0.25, 0.3) is 29.1 Å². The molecule has 7 heteroatoms. The maximum absolute atomic E-state index is 14.0. The van der Waals surface area contributed by atoms with Gasteiger partial charge in [0.25, 0.3) is 5.91 Å². The summed E-state index contributed by atoms with van der Waals surface area (Å²) >= 11 is 0. The number of carboxylic acids is 1. The second-order valence-electron chi connectivity index (χ2n) is 8.03. The van der Waals surface area contributed by atoms with Crippen molar-refractivity contribution in [3.05, 3.63) is 101 Å². The second kappa shape index (κ2) is 8.76. The van der Waals surface area contributed by atoms with E-state index < -0.39 is 17.7 Å². The third-order valence-corrected chi connectivity index (χ3v) is 5.83. The molecule has 35 heavy (non-hydrogen) atoms. The van der Waals surface area contributed by atoms with Gasteiger partial charge in [0.05, 0.1) is 11.4 Å². The van der Waals surface area contributed by atoms with Gasteiger partial charge in [-0.25, -0.2) is 4.39 Å². The lowest BCUT2D eigenvalue weighted by atomic mass is 10.1. The van der Waals surface area contributed by atoms with Gasteiger partial charge in [-0.2, -0.15) is 5.26 Å². The van der Waals surface area contributed by atoms with Crippen LogP contribution < -0.4 is 4.90 Å². The summed E-state index contributed by atoms with van der Waals surface area (Å²) in [6.07, 6.45) is 6.72. The Morgan fingerprint density at radius 2 is 1.60 bits per heavy atom. The van der Waals surface area contributed by atoms with Crippen LogP contribution in [0.2, 0.25) is 0 Å². The third-order valence-electron chi connectivity index (χ3n) is 5.83. The predicted octanol–water partition coefficient (Wildman–Crippen LogP) is 5.62. The lowest BCUT2D eigenvalue weighted by molar-refractivity contribution is -0.137. The van der Waals surface area contributed by atoms with Crippen molar-refractivity contribution >= 4 is 52.4 Å². The average Bonchev–Trinajstić information content (AvgIpc) is 3.07. The SMILES string of the molecule is N#CC(=Cc1cn(CC(=O)O)c2ccc(F)cc12)C(=O)N1c2ccccc2C=Cc2ccccc21. The van der Waals surface area contributed by atoms with E-state index in [4.69, 9.17) is 0 Å². The molecular formula is C28H18FN3O3. The zero-order valence-corrected chi connectivity index (χ0v) is 18.4. The molecule has 1 aromatic heterocycles. The van der Waals surface area contributed by atoms with Gasteiger partial charge >= 0.3 is 5.97 Å². The molecule has 2 heterocycles. The molecule has 0 aliphatic carbocycles. The Morgan fingerprint density at radius 1 is 0.971 bits per heavy atom. The second-order valence-corrected chi connectivity index (χ2v) is 8.03. The van der Waals surface area contributed by atoms with Crippen LogP contribution in [0, 0.1) is 17.1 Å². The van der Waals surface area contributed by atoms with Crippen molar-refractivity contribution in [1.82, 2.24) is 4.57 Å². The molecule has 0 unspecified atom stereocenters. The molecule has 0 saturated heterocycles. The molecule has 1 amide bonds. The van der Waals surface area contributed by atoms with Crippen LogP contribution in [0.3, 0.4) is 0 Å². The molecular weight excluding hydrogens is 445 g/mol. The summed E-state index contributed by atoms with van der Waals surface area (Å²) < 4.78 is 15.5. The largest absolute Gasteiger partial charge is 0.480 e. The first kappa shape index (κ1) is 21.9. The zero-order chi connectivity index (χ0) is 24.5. The molecule has 6 nitrogen and oxygen atoms in total. The Hall–Kier alpha value is -4.96. The molecule has 0 fully saturated rings. The summed E-state index contributed by atoms with van der Waals surface area (Å²) in [4.78, 5) is 26.6. The first-order valence-electron chi connectivity index (χ1n) is 10.8. The van der Waals surface area contributed by atoms with Crippen molar-refractivity contribution in [3.63, 3.8) is 0 Å². The number of aromatic nitrogens is 1. The van der Waals surface area contributed by atoms with Crippen molar-refractivity contribution < 1.29 is 19.1 Å². The van der Waals surface area contributed by atoms with Crippen LogP contribution in [-0.4, -0.2) is 21.6 Å². The average molecular weight is 463 g/mol. The van der Waals surface area contributed by atoms with Gasteiger partial charge in [-0.3, -0.25) is 14.5 Å². The minimum Gasteiger partial charge on any atom is -0.480 e. The van der Waals surface area contributed by atoms with E-state index >= 15 is 0 Å². The molecule has 1 aliphatic rings. The molecule has 1 aliphatic heterocycles. The van der Waals surface area contributed by atoms with Crippen LogP contribution >= 0.6 is 0 Å². The van der Waals surface area contributed by atoms with Crippen molar-refractivity contribution in [2.75, 3.05) is 4.90 Å². The Kier molecular flexibility index (Phi) is 5.47. The van der Waals surface area contributed by atoms with E-state index in [9.17, 15) is 24.3 Å². The van der Waals surface area contributed by atoms with E-state index in [-0.39, 0.29) is 12.1 Å². The number of fused-ring (bicyclic) bond motifs is 3. The number of para-hydroxylation sites is 2. The van der Waals surface area contributed by atoms with Gasteiger partial charge in [0, 0.05) is 22.7 Å². The summed E-state index contributed by atoms with van der Waals surface area (Å²) in [7, 11) is 0. The zero-order valence-electron chi connectivity index (χ0n) is 18.4. The highest BCUT2D eigenvalue weighted by atomic mass is 19.1. The predicted molar refractivity (Wildman–Crippen MR) is 132 cm³/mol. The van der Waals surface area contributed by atoms with E-state index in [1.807, 2.05) is 66.8 Å². The number of halogens is 1. The highest BCUT2D eigenvalue weighted by Gasteiger charge is 2.27. The molecule has 1 N–H and O–H groups in total. The molecule has 0 atom stereocenters. The quantitative estimate of drug-likeness (QED) is 0.314. The van der Waals surface area contributed by atoms with Gasteiger partial charge in [-0.05, 0) is 47.5 Å². The standard InChI is InChI=1S/C28H18FN3O3/c29-22-11-12-26-23(14-22)21(16-31(26)17-27(33)34)13-20(15-30)28(35)32-24-7-3-1-5-18(24)9-10-19-6-2-4-8-25(19)32/h1-14,16H,17H2,(H,33,34). The van der Waals surface area contributed by atoms with Gasteiger partial charge in [0.15, 0.2) is 0 Å². The molecule has 3 aromatic carbocycles. The van der Waals surface area contributed by atoms with Crippen molar-refractivity contribution in [3.8, 4) is 6.07 Å². The Morgan fingerprint density at radius 3 is 2.20 bits per heavy atom. The molecule has 0 bridgehead atoms. The van der Waals surface area contributed by atoms with E-state index in [1.165, 1.54) is 39.9 Å². The number of nitriles is 1. The number of amides is 1. The van der Waals surface area contributed by atoms with E-state index in [0.29, 0.717) is 27.8 Å². The fraction of sp³-hybridized carbons (Fsp3) is 0.0357. The number of carboxylic acid groups (broad SMARTS) is 1.